The van der Waals surface area contributed by atoms with Crippen LogP contribution in [0.25, 0.3) is 0 Å². The van der Waals surface area contributed by atoms with Crippen molar-refractivity contribution in [3.05, 3.63) is 0 Å². The Labute approximate surface area is 60.6 Å². The van der Waals surface area contributed by atoms with Gasteiger partial charge >= 0.3 is 0 Å². The second-order valence-electron chi connectivity index (χ2n) is 1.15. The topological polar surface area (TPSA) is 52.0 Å². The van der Waals surface area contributed by atoms with Crippen LogP contribution in [-0.2, 0) is 0 Å². The van der Waals surface area contributed by atoms with Crippen LogP contribution in [0.3, 0.4) is 0 Å². The maximum atomic E-state index is 11.2. The van der Waals surface area contributed by atoms with E-state index >= 15 is 0 Å². The normalized spacial score (nSPS) is 10.9. The van der Waals surface area contributed by atoms with Crippen molar-refractivity contribution in [2.45, 2.75) is 6.04 Å². The molecule has 1 unspecified atom stereocenters. The molecule has 5 heteroatoms. The summed E-state index contributed by atoms with van der Waals surface area (Å²) in [7, 11) is 0. The molecule has 0 aromatic carbocycles. The lowest BCUT2D eigenvalue weighted by Gasteiger charge is -1.97. The summed E-state index contributed by atoms with van der Waals surface area (Å²) in [4.78, 5) is 0. The van der Waals surface area contributed by atoms with Gasteiger partial charge in [0, 0.05) is 12.6 Å². The Morgan fingerprint density at radius 1 is 1.38 bits per heavy atom. The molecule has 0 aromatic heterocycles. The van der Waals surface area contributed by atoms with Crippen LogP contribution in [0.15, 0.2) is 0 Å². The van der Waals surface area contributed by atoms with Gasteiger partial charge in [-0.25, -0.2) is 4.39 Å². The lowest BCUT2D eigenvalue weighted by Crippen LogP contribution is -2.31. The standard InChI is InChI=1S/C3H9FN2.2ClH/c4-1-3(6)2-5;;/h3H,1-2,5-6H2;2*1H. The lowest BCUT2D eigenvalue weighted by atomic mass is 10.4. The smallest absolute Gasteiger partial charge is 0.106 e. The van der Waals surface area contributed by atoms with Gasteiger partial charge in [-0.15, -0.1) is 24.8 Å². The minimum absolute atomic E-state index is 0. The summed E-state index contributed by atoms with van der Waals surface area (Å²) in [6.45, 7) is -0.285. The third-order valence-electron chi connectivity index (χ3n) is 0.501. The molecule has 1 atom stereocenters. The summed E-state index contributed by atoms with van der Waals surface area (Å²) < 4.78 is 11.2. The molecule has 0 radical (unpaired) electrons. The van der Waals surface area contributed by atoms with E-state index in [1.54, 1.807) is 0 Å². The number of rotatable bonds is 2. The Hall–Kier alpha value is 0.430. The first-order valence-corrected chi connectivity index (χ1v) is 1.83. The molecular formula is C3H11Cl2FN2. The van der Waals surface area contributed by atoms with Gasteiger partial charge in [0.2, 0.25) is 0 Å². The van der Waals surface area contributed by atoms with Crippen LogP contribution in [0.5, 0.6) is 0 Å². The van der Waals surface area contributed by atoms with Crippen molar-refractivity contribution in [3.8, 4) is 0 Å². The van der Waals surface area contributed by atoms with Crippen molar-refractivity contribution >= 4 is 24.8 Å². The quantitative estimate of drug-likeness (QED) is 0.608. The third-order valence-corrected chi connectivity index (χ3v) is 0.501. The molecule has 0 spiro atoms. The number of hydrogen-bond acceptors (Lipinski definition) is 2. The molecule has 0 fully saturated rings. The maximum Gasteiger partial charge on any atom is 0.106 e. The summed E-state index contributed by atoms with van der Waals surface area (Å²) in [6.07, 6.45) is 0. The minimum Gasteiger partial charge on any atom is -0.329 e. The molecular weight excluding hydrogens is 154 g/mol. The predicted molar refractivity (Wildman–Crippen MR) is 37.5 cm³/mol. The average molecular weight is 165 g/mol. The van der Waals surface area contributed by atoms with E-state index in [4.69, 9.17) is 11.5 Å². The average Bonchev–Trinajstić information content (AvgIpc) is 1.65. The summed E-state index contributed by atoms with van der Waals surface area (Å²) in [5, 5.41) is 0. The zero-order valence-corrected chi connectivity index (χ0v) is 5.97. The van der Waals surface area contributed by atoms with Gasteiger partial charge in [-0.2, -0.15) is 0 Å². The van der Waals surface area contributed by atoms with Crippen molar-refractivity contribution in [3.63, 3.8) is 0 Å². The van der Waals surface area contributed by atoms with Crippen molar-refractivity contribution in [2.75, 3.05) is 13.2 Å². The lowest BCUT2D eigenvalue weighted by molar-refractivity contribution is 0.433. The molecule has 0 saturated heterocycles. The molecule has 0 rings (SSSR count). The van der Waals surface area contributed by atoms with Crippen molar-refractivity contribution in [2.24, 2.45) is 11.5 Å². The molecule has 0 aliphatic rings. The van der Waals surface area contributed by atoms with Crippen molar-refractivity contribution < 1.29 is 4.39 Å². The second-order valence-corrected chi connectivity index (χ2v) is 1.15. The van der Waals surface area contributed by atoms with Crippen molar-refractivity contribution in [1.29, 1.82) is 0 Å². The Balaban J connectivity index is -0.000000125. The molecule has 2 nitrogen and oxygen atoms in total. The highest BCUT2D eigenvalue weighted by molar-refractivity contribution is 5.85. The van der Waals surface area contributed by atoms with Crippen LogP contribution in [0, 0.1) is 0 Å². The van der Waals surface area contributed by atoms with Gasteiger partial charge < -0.3 is 11.5 Å². The fourth-order valence-corrected chi connectivity index (χ4v) is 0.0630. The molecule has 0 aromatic rings. The Morgan fingerprint density at radius 3 is 1.75 bits per heavy atom. The number of alkyl halides is 1. The highest BCUT2D eigenvalue weighted by atomic mass is 35.5. The minimum atomic E-state index is -0.517. The van der Waals surface area contributed by atoms with Crippen molar-refractivity contribution in [1.82, 2.24) is 0 Å². The number of nitrogens with two attached hydrogens (primary N) is 2. The largest absolute Gasteiger partial charge is 0.329 e. The number of hydrogen-bond donors (Lipinski definition) is 2. The molecule has 54 valence electrons. The zero-order chi connectivity index (χ0) is 4.99. The first-order valence-electron chi connectivity index (χ1n) is 1.83. The maximum absolute atomic E-state index is 11.2. The third kappa shape index (κ3) is 9.66. The van der Waals surface area contributed by atoms with Crippen LogP contribution in [0.1, 0.15) is 0 Å². The molecule has 4 N–H and O–H groups in total. The monoisotopic (exact) mass is 164 g/mol. The van der Waals surface area contributed by atoms with Crippen LogP contribution < -0.4 is 11.5 Å². The second kappa shape index (κ2) is 10.4. The van der Waals surface area contributed by atoms with E-state index in [2.05, 4.69) is 0 Å². The summed E-state index contributed by atoms with van der Waals surface area (Å²) >= 11 is 0. The Morgan fingerprint density at radius 2 is 1.75 bits per heavy atom. The summed E-state index contributed by atoms with van der Waals surface area (Å²) in [5.41, 5.74) is 9.89. The van der Waals surface area contributed by atoms with Crippen LogP contribution >= 0.6 is 24.8 Å². The Kier molecular flexibility index (Phi) is 20.6. The molecule has 0 heterocycles. The SMILES string of the molecule is Cl.Cl.NCC(N)CF. The van der Waals surface area contributed by atoms with Gasteiger partial charge in [-0.3, -0.25) is 0 Å². The number of halogens is 3. The summed E-state index contributed by atoms with van der Waals surface area (Å²) in [6, 6.07) is -0.454. The van der Waals surface area contributed by atoms with E-state index in [1.165, 1.54) is 0 Å². The molecule has 0 amide bonds. The van der Waals surface area contributed by atoms with E-state index in [9.17, 15) is 4.39 Å². The molecule has 8 heavy (non-hydrogen) atoms. The molecule has 0 aliphatic carbocycles. The zero-order valence-electron chi connectivity index (χ0n) is 4.34. The highest BCUT2D eigenvalue weighted by Crippen LogP contribution is 1.70. The first-order chi connectivity index (χ1) is 2.81. The fraction of sp³-hybridized carbons (Fsp3) is 1.00. The van der Waals surface area contributed by atoms with E-state index in [0.717, 1.165) is 0 Å². The van der Waals surface area contributed by atoms with Crippen LogP contribution in [0.4, 0.5) is 4.39 Å². The summed E-state index contributed by atoms with van der Waals surface area (Å²) in [5.74, 6) is 0. The van der Waals surface area contributed by atoms with Gasteiger partial charge in [0.1, 0.15) is 6.67 Å². The van der Waals surface area contributed by atoms with Gasteiger partial charge in [-0.05, 0) is 0 Å². The van der Waals surface area contributed by atoms with Gasteiger partial charge in [0.05, 0.1) is 0 Å². The fourth-order valence-electron chi connectivity index (χ4n) is 0.0630. The van der Waals surface area contributed by atoms with Crippen LogP contribution in [-0.4, -0.2) is 19.3 Å². The molecule has 0 bridgehead atoms. The van der Waals surface area contributed by atoms with Gasteiger partial charge in [0.15, 0.2) is 0 Å². The molecule has 0 saturated carbocycles. The van der Waals surface area contributed by atoms with E-state index in [-0.39, 0.29) is 31.4 Å². The highest BCUT2D eigenvalue weighted by Gasteiger charge is 1.92. The van der Waals surface area contributed by atoms with Gasteiger partial charge in [0.25, 0.3) is 0 Å². The van der Waals surface area contributed by atoms with E-state index < -0.39 is 12.7 Å². The van der Waals surface area contributed by atoms with Crippen LogP contribution in [0.2, 0.25) is 0 Å². The molecule has 0 aliphatic heterocycles. The van der Waals surface area contributed by atoms with Gasteiger partial charge in [-0.1, -0.05) is 0 Å². The predicted octanol–water partition coefficient (Wildman–Crippen LogP) is 0.0855. The van der Waals surface area contributed by atoms with E-state index in [0.29, 0.717) is 0 Å². The van der Waals surface area contributed by atoms with E-state index in [1.807, 2.05) is 0 Å². The Bertz CT molecular complexity index is 34.5. The first kappa shape index (κ1) is 15.8.